The molecular weight excluding hydrogens is 264 g/mol. The van der Waals surface area contributed by atoms with Crippen LogP contribution in [0.15, 0.2) is 36.7 Å². The SMILES string of the molecule is O=Cc1cc(F)c(OCCCc2ccncc2)c(F)c1. The fraction of sp³-hybridized carbons (Fsp3) is 0.200. The number of aryl methyl sites for hydroxylation is 1. The third-order valence-corrected chi connectivity index (χ3v) is 2.76. The van der Waals surface area contributed by atoms with Crippen molar-refractivity contribution in [2.45, 2.75) is 12.8 Å². The molecule has 0 N–H and O–H groups in total. The molecule has 0 aliphatic carbocycles. The average molecular weight is 277 g/mol. The first-order valence-electron chi connectivity index (χ1n) is 6.16. The molecule has 0 bridgehead atoms. The molecule has 20 heavy (non-hydrogen) atoms. The number of carbonyl (C=O) groups excluding carboxylic acids is 1. The summed E-state index contributed by atoms with van der Waals surface area (Å²) in [6.07, 6.45) is 5.12. The quantitative estimate of drug-likeness (QED) is 0.601. The Labute approximate surface area is 115 Å². The van der Waals surface area contributed by atoms with Gasteiger partial charge >= 0.3 is 0 Å². The van der Waals surface area contributed by atoms with Crippen LogP contribution in [0.3, 0.4) is 0 Å². The van der Waals surface area contributed by atoms with E-state index >= 15 is 0 Å². The number of ether oxygens (including phenoxy) is 1. The Balaban J connectivity index is 1.90. The number of hydrogen-bond donors (Lipinski definition) is 0. The number of aldehydes is 1. The molecule has 1 aromatic carbocycles. The van der Waals surface area contributed by atoms with E-state index in [1.165, 1.54) is 0 Å². The van der Waals surface area contributed by atoms with Gasteiger partial charge in [0.15, 0.2) is 17.4 Å². The maximum atomic E-state index is 13.5. The Bertz CT molecular complexity index is 565. The van der Waals surface area contributed by atoms with E-state index in [0.29, 0.717) is 12.7 Å². The first-order valence-corrected chi connectivity index (χ1v) is 6.16. The summed E-state index contributed by atoms with van der Waals surface area (Å²) in [5, 5.41) is 0. The van der Waals surface area contributed by atoms with E-state index < -0.39 is 17.4 Å². The number of benzene rings is 1. The molecule has 0 fully saturated rings. The zero-order valence-corrected chi connectivity index (χ0v) is 10.7. The lowest BCUT2D eigenvalue weighted by atomic mass is 10.1. The summed E-state index contributed by atoms with van der Waals surface area (Å²) in [6.45, 7) is 0.191. The van der Waals surface area contributed by atoms with Crippen LogP contribution < -0.4 is 4.74 Å². The van der Waals surface area contributed by atoms with Gasteiger partial charge in [0.2, 0.25) is 0 Å². The minimum Gasteiger partial charge on any atom is -0.488 e. The molecule has 3 nitrogen and oxygen atoms in total. The summed E-state index contributed by atoms with van der Waals surface area (Å²) in [7, 11) is 0. The van der Waals surface area contributed by atoms with Gasteiger partial charge in [-0.15, -0.1) is 0 Å². The fourth-order valence-electron chi connectivity index (χ4n) is 1.79. The summed E-state index contributed by atoms with van der Waals surface area (Å²) >= 11 is 0. The van der Waals surface area contributed by atoms with Gasteiger partial charge in [0.1, 0.15) is 6.29 Å². The van der Waals surface area contributed by atoms with Crippen LogP contribution in [-0.4, -0.2) is 17.9 Å². The van der Waals surface area contributed by atoms with Gasteiger partial charge in [-0.05, 0) is 42.7 Å². The van der Waals surface area contributed by atoms with Crippen LogP contribution in [0.25, 0.3) is 0 Å². The van der Waals surface area contributed by atoms with Crippen molar-refractivity contribution in [2.24, 2.45) is 0 Å². The summed E-state index contributed by atoms with van der Waals surface area (Å²) in [6, 6.07) is 5.66. The van der Waals surface area contributed by atoms with Crippen molar-refractivity contribution in [3.05, 3.63) is 59.4 Å². The number of aromatic nitrogens is 1. The Hall–Kier alpha value is -2.30. The molecule has 0 spiro atoms. The highest BCUT2D eigenvalue weighted by molar-refractivity contribution is 5.75. The normalized spacial score (nSPS) is 10.3. The van der Waals surface area contributed by atoms with E-state index in [-0.39, 0.29) is 12.2 Å². The third kappa shape index (κ3) is 3.60. The van der Waals surface area contributed by atoms with E-state index in [1.54, 1.807) is 12.4 Å². The van der Waals surface area contributed by atoms with Gasteiger partial charge in [-0.1, -0.05) is 0 Å². The topological polar surface area (TPSA) is 39.2 Å². The van der Waals surface area contributed by atoms with Crippen molar-refractivity contribution in [1.82, 2.24) is 4.98 Å². The lowest BCUT2D eigenvalue weighted by Crippen LogP contribution is -2.03. The van der Waals surface area contributed by atoms with Crippen LogP contribution in [0.4, 0.5) is 8.78 Å². The second-order valence-corrected chi connectivity index (χ2v) is 4.24. The van der Waals surface area contributed by atoms with E-state index in [2.05, 4.69) is 4.98 Å². The van der Waals surface area contributed by atoms with Crippen molar-refractivity contribution in [3.63, 3.8) is 0 Å². The summed E-state index contributed by atoms with van der Waals surface area (Å²) in [4.78, 5) is 14.4. The maximum absolute atomic E-state index is 13.5. The lowest BCUT2D eigenvalue weighted by molar-refractivity contribution is 0.112. The molecule has 0 aliphatic heterocycles. The van der Waals surface area contributed by atoms with Crippen LogP contribution in [0.1, 0.15) is 22.3 Å². The van der Waals surface area contributed by atoms with Crippen LogP contribution in [0.5, 0.6) is 5.75 Å². The number of halogens is 2. The summed E-state index contributed by atoms with van der Waals surface area (Å²) in [5.41, 5.74) is 1.03. The highest BCUT2D eigenvalue weighted by atomic mass is 19.1. The van der Waals surface area contributed by atoms with E-state index in [4.69, 9.17) is 4.74 Å². The standard InChI is InChI=1S/C15H13F2NO2/c16-13-8-12(10-19)9-14(17)15(13)20-7-1-2-11-3-5-18-6-4-11/h3-6,8-10H,1-2,7H2. The van der Waals surface area contributed by atoms with Crippen molar-refractivity contribution >= 4 is 6.29 Å². The first-order chi connectivity index (χ1) is 9.70. The molecule has 2 rings (SSSR count). The zero-order chi connectivity index (χ0) is 14.4. The molecule has 0 saturated heterocycles. The van der Waals surface area contributed by atoms with Crippen LogP contribution in [0.2, 0.25) is 0 Å². The van der Waals surface area contributed by atoms with Gasteiger partial charge in [0.05, 0.1) is 6.61 Å². The summed E-state index contributed by atoms with van der Waals surface area (Å²) < 4.78 is 32.1. The molecule has 0 aliphatic rings. The summed E-state index contributed by atoms with van der Waals surface area (Å²) in [5.74, 6) is -2.17. The van der Waals surface area contributed by atoms with Gasteiger partial charge < -0.3 is 4.74 Å². The van der Waals surface area contributed by atoms with Crippen molar-refractivity contribution in [3.8, 4) is 5.75 Å². The van der Waals surface area contributed by atoms with Crippen molar-refractivity contribution in [1.29, 1.82) is 0 Å². The van der Waals surface area contributed by atoms with Crippen molar-refractivity contribution in [2.75, 3.05) is 6.61 Å². The van der Waals surface area contributed by atoms with Gasteiger partial charge in [-0.3, -0.25) is 9.78 Å². The van der Waals surface area contributed by atoms with Gasteiger partial charge in [0, 0.05) is 18.0 Å². The number of nitrogens with zero attached hydrogens (tertiary/aromatic N) is 1. The molecule has 5 heteroatoms. The van der Waals surface area contributed by atoms with Crippen LogP contribution in [0, 0.1) is 11.6 Å². The van der Waals surface area contributed by atoms with Crippen LogP contribution in [-0.2, 0) is 6.42 Å². The molecule has 1 aromatic heterocycles. The van der Waals surface area contributed by atoms with Gasteiger partial charge in [-0.2, -0.15) is 0 Å². The number of pyridine rings is 1. The number of rotatable bonds is 6. The molecule has 0 amide bonds. The minimum atomic E-state index is -0.865. The first kappa shape index (κ1) is 14.1. The molecule has 1 heterocycles. The molecule has 104 valence electrons. The zero-order valence-electron chi connectivity index (χ0n) is 10.7. The Morgan fingerprint density at radius 2 is 1.80 bits per heavy atom. The smallest absolute Gasteiger partial charge is 0.190 e. The Kier molecular flexibility index (Phi) is 4.76. The van der Waals surface area contributed by atoms with Crippen LogP contribution >= 0.6 is 0 Å². The largest absolute Gasteiger partial charge is 0.488 e. The highest BCUT2D eigenvalue weighted by Gasteiger charge is 2.12. The fourth-order valence-corrected chi connectivity index (χ4v) is 1.79. The van der Waals surface area contributed by atoms with E-state index in [1.807, 2.05) is 12.1 Å². The molecule has 0 saturated carbocycles. The Morgan fingerprint density at radius 3 is 2.40 bits per heavy atom. The van der Waals surface area contributed by atoms with E-state index in [9.17, 15) is 13.6 Å². The number of carbonyl (C=O) groups is 1. The monoisotopic (exact) mass is 277 g/mol. The maximum Gasteiger partial charge on any atom is 0.190 e. The van der Waals surface area contributed by atoms with Gasteiger partial charge in [0.25, 0.3) is 0 Å². The molecule has 0 unspecified atom stereocenters. The van der Waals surface area contributed by atoms with Gasteiger partial charge in [-0.25, -0.2) is 8.78 Å². The highest BCUT2D eigenvalue weighted by Crippen LogP contribution is 2.23. The lowest BCUT2D eigenvalue weighted by Gasteiger charge is -2.08. The third-order valence-electron chi connectivity index (χ3n) is 2.76. The number of hydrogen-bond acceptors (Lipinski definition) is 3. The predicted octanol–water partition coefficient (Wildman–Crippen LogP) is 3.18. The van der Waals surface area contributed by atoms with Crippen molar-refractivity contribution < 1.29 is 18.3 Å². The molecular formula is C15H13F2NO2. The molecule has 0 radical (unpaired) electrons. The van der Waals surface area contributed by atoms with E-state index in [0.717, 1.165) is 24.1 Å². The second-order valence-electron chi connectivity index (χ2n) is 4.24. The predicted molar refractivity (Wildman–Crippen MR) is 69.8 cm³/mol. The second kappa shape index (κ2) is 6.75. The molecule has 0 atom stereocenters. The minimum absolute atomic E-state index is 0.0517. The molecule has 2 aromatic rings. The average Bonchev–Trinajstić information content (AvgIpc) is 2.46. The Morgan fingerprint density at radius 1 is 1.15 bits per heavy atom.